The highest BCUT2D eigenvalue weighted by Crippen LogP contribution is 2.20. The number of hydrogen-bond donors (Lipinski definition) is 1. The van der Waals surface area contributed by atoms with Gasteiger partial charge in [-0.15, -0.1) is 5.10 Å². The highest BCUT2D eigenvalue weighted by Gasteiger charge is 2.19. The van der Waals surface area contributed by atoms with Crippen LogP contribution in [0.1, 0.15) is 23.1 Å². The van der Waals surface area contributed by atoms with E-state index in [2.05, 4.69) is 26.8 Å². The fraction of sp³-hybridized carbons (Fsp3) is 0.500. The minimum atomic E-state index is 0.0613. The average molecular weight is 220 g/mol. The Balaban J connectivity index is 2.44. The number of nitrogens with zero attached hydrogens (tertiary/aromatic N) is 5. The molecule has 0 saturated carbocycles. The molecular weight excluding hydrogens is 204 g/mol. The molecule has 0 aliphatic heterocycles. The Morgan fingerprint density at radius 1 is 1.25 bits per heavy atom. The van der Waals surface area contributed by atoms with E-state index in [9.17, 15) is 0 Å². The molecule has 2 rings (SSSR count). The van der Waals surface area contributed by atoms with E-state index in [-0.39, 0.29) is 6.04 Å². The molecule has 2 aromatic heterocycles. The van der Waals surface area contributed by atoms with E-state index < -0.39 is 0 Å². The molecule has 1 unspecified atom stereocenters. The number of nitrogens with one attached hydrogen (secondary N) is 1. The maximum atomic E-state index is 4.35. The SMILES string of the molecule is CNC(c1cnnn1C)c1cc(C)nn1C. The lowest BCUT2D eigenvalue weighted by atomic mass is 10.1. The van der Waals surface area contributed by atoms with Crippen LogP contribution in [-0.2, 0) is 14.1 Å². The van der Waals surface area contributed by atoms with Crippen LogP contribution in [0.2, 0.25) is 0 Å². The van der Waals surface area contributed by atoms with Gasteiger partial charge in [-0.05, 0) is 20.0 Å². The van der Waals surface area contributed by atoms with Crippen molar-refractivity contribution in [2.45, 2.75) is 13.0 Å². The second-order valence-corrected chi connectivity index (χ2v) is 3.84. The van der Waals surface area contributed by atoms with Gasteiger partial charge in [-0.3, -0.25) is 9.36 Å². The summed E-state index contributed by atoms with van der Waals surface area (Å²) in [5, 5.41) is 15.4. The third kappa shape index (κ3) is 1.71. The standard InChI is InChI=1S/C10H16N6/c1-7-5-8(15(3)13-7)10(11-2)9-6-12-14-16(9)4/h5-6,10-11H,1-4H3. The van der Waals surface area contributed by atoms with Gasteiger partial charge in [0.1, 0.15) is 0 Å². The Morgan fingerprint density at radius 2 is 2.00 bits per heavy atom. The normalized spacial score (nSPS) is 13.0. The van der Waals surface area contributed by atoms with Gasteiger partial charge in [0.2, 0.25) is 0 Å². The Hall–Kier alpha value is -1.69. The van der Waals surface area contributed by atoms with Crippen LogP contribution in [0.4, 0.5) is 0 Å². The lowest BCUT2D eigenvalue weighted by molar-refractivity contribution is 0.557. The summed E-state index contributed by atoms with van der Waals surface area (Å²) in [6.07, 6.45) is 1.77. The lowest BCUT2D eigenvalue weighted by Gasteiger charge is -2.15. The number of aryl methyl sites for hydroxylation is 3. The van der Waals surface area contributed by atoms with Crippen LogP contribution in [-0.4, -0.2) is 31.8 Å². The van der Waals surface area contributed by atoms with Crippen molar-refractivity contribution >= 4 is 0 Å². The van der Waals surface area contributed by atoms with Gasteiger partial charge in [-0.1, -0.05) is 5.21 Å². The molecule has 16 heavy (non-hydrogen) atoms. The third-order valence-electron chi connectivity index (χ3n) is 2.67. The van der Waals surface area contributed by atoms with Gasteiger partial charge < -0.3 is 5.32 Å². The van der Waals surface area contributed by atoms with Crippen LogP contribution in [0.25, 0.3) is 0 Å². The monoisotopic (exact) mass is 220 g/mol. The van der Waals surface area contributed by atoms with Crippen molar-refractivity contribution in [2.24, 2.45) is 14.1 Å². The van der Waals surface area contributed by atoms with E-state index in [1.54, 1.807) is 10.9 Å². The minimum Gasteiger partial charge on any atom is -0.307 e. The Bertz CT molecular complexity index is 483. The maximum Gasteiger partial charge on any atom is 0.0932 e. The first-order valence-electron chi connectivity index (χ1n) is 5.16. The van der Waals surface area contributed by atoms with Crippen molar-refractivity contribution in [3.63, 3.8) is 0 Å². The fourth-order valence-electron chi connectivity index (χ4n) is 1.91. The highest BCUT2D eigenvalue weighted by molar-refractivity contribution is 5.22. The van der Waals surface area contributed by atoms with Gasteiger partial charge in [0.25, 0.3) is 0 Å². The number of rotatable bonds is 3. The quantitative estimate of drug-likeness (QED) is 0.800. The van der Waals surface area contributed by atoms with Crippen LogP contribution in [0.15, 0.2) is 12.3 Å². The Morgan fingerprint density at radius 3 is 2.44 bits per heavy atom. The molecule has 0 amide bonds. The molecule has 86 valence electrons. The van der Waals surface area contributed by atoms with E-state index >= 15 is 0 Å². The zero-order valence-electron chi connectivity index (χ0n) is 9.97. The summed E-state index contributed by atoms with van der Waals surface area (Å²) in [6.45, 7) is 1.98. The topological polar surface area (TPSA) is 60.6 Å². The Labute approximate surface area is 94.3 Å². The van der Waals surface area contributed by atoms with Gasteiger partial charge in [0.15, 0.2) is 0 Å². The molecule has 0 radical (unpaired) electrons. The predicted molar refractivity (Wildman–Crippen MR) is 59.9 cm³/mol. The van der Waals surface area contributed by atoms with E-state index in [1.165, 1.54) is 0 Å². The highest BCUT2D eigenvalue weighted by atomic mass is 15.4. The molecule has 0 aliphatic rings. The first-order chi connectivity index (χ1) is 7.63. The largest absolute Gasteiger partial charge is 0.307 e. The molecule has 0 bridgehead atoms. The zero-order valence-corrected chi connectivity index (χ0v) is 9.97. The molecular formula is C10H16N6. The van der Waals surface area contributed by atoms with Gasteiger partial charge in [0, 0.05) is 14.1 Å². The molecule has 1 atom stereocenters. The van der Waals surface area contributed by atoms with Gasteiger partial charge in [-0.2, -0.15) is 5.10 Å². The second-order valence-electron chi connectivity index (χ2n) is 3.84. The van der Waals surface area contributed by atoms with Crippen LogP contribution >= 0.6 is 0 Å². The summed E-state index contributed by atoms with van der Waals surface area (Å²) in [5.74, 6) is 0. The lowest BCUT2D eigenvalue weighted by Crippen LogP contribution is -2.23. The first-order valence-corrected chi connectivity index (χ1v) is 5.16. The van der Waals surface area contributed by atoms with Gasteiger partial charge in [0.05, 0.1) is 29.3 Å². The van der Waals surface area contributed by atoms with Crippen molar-refractivity contribution in [1.29, 1.82) is 0 Å². The third-order valence-corrected chi connectivity index (χ3v) is 2.67. The Kier molecular flexibility index (Phi) is 2.74. The van der Waals surface area contributed by atoms with Gasteiger partial charge in [-0.25, -0.2) is 0 Å². The van der Waals surface area contributed by atoms with E-state index in [0.29, 0.717) is 0 Å². The summed E-state index contributed by atoms with van der Waals surface area (Å²) < 4.78 is 3.65. The molecule has 2 heterocycles. The van der Waals surface area contributed by atoms with Crippen LogP contribution in [0.5, 0.6) is 0 Å². The molecule has 6 heteroatoms. The molecule has 0 saturated heterocycles. The molecule has 0 spiro atoms. The van der Waals surface area contributed by atoms with Crippen LogP contribution in [0.3, 0.4) is 0 Å². The smallest absolute Gasteiger partial charge is 0.0932 e. The van der Waals surface area contributed by atoms with Crippen LogP contribution < -0.4 is 5.32 Å². The summed E-state index contributed by atoms with van der Waals surface area (Å²) in [4.78, 5) is 0. The predicted octanol–water partition coefficient (Wildman–Crippen LogP) is 0.166. The zero-order chi connectivity index (χ0) is 11.7. The summed E-state index contributed by atoms with van der Waals surface area (Å²) in [5.41, 5.74) is 3.13. The molecule has 2 aromatic rings. The van der Waals surface area contributed by atoms with E-state index in [4.69, 9.17) is 0 Å². The van der Waals surface area contributed by atoms with Gasteiger partial charge >= 0.3 is 0 Å². The number of aromatic nitrogens is 5. The van der Waals surface area contributed by atoms with Crippen molar-refractivity contribution in [3.05, 3.63) is 29.3 Å². The molecule has 1 N–H and O–H groups in total. The first kappa shape index (κ1) is 10.8. The summed E-state index contributed by atoms with van der Waals surface area (Å²) >= 11 is 0. The van der Waals surface area contributed by atoms with E-state index in [1.807, 2.05) is 32.7 Å². The van der Waals surface area contributed by atoms with Crippen molar-refractivity contribution in [1.82, 2.24) is 30.1 Å². The fourth-order valence-corrected chi connectivity index (χ4v) is 1.91. The van der Waals surface area contributed by atoms with Crippen molar-refractivity contribution < 1.29 is 0 Å². The molecule has 0 fully saturated rings. The molecule has 0 aliphatic carbocycles. The average Bonchev–Trinajstić information content (AvgIpc) is 2.77. The molecule has 6 nitrogen and oxygen atoms in total. The molecule has 0 aromatic carbocycles. The summed E-state index contributed by atoms with van der Waals surface area (Å²) in [7, 11) is 5.74. The van der Waals surface area contributed by atoms with Crippen molar-refractivity contribution in [2.75, 3.05) is 7.05 Å². The summed E-state index contributed by atoms with van der Waals surface area (Å²) in [6, 6.07) is 2.12. The maximum absolute atomic E-state index is 4.35. The van der Waals surface area contributed by atoms with E-state index in [0.717, 1.165) is 17.1 Å². The van der Waals surface area contributed by atoms with Crippen molar-refractivity contribution in [3.8, 4) is 0 Å². The second kappa shape index (κ2) is 4.05. The number of hydrogen-bond acceptors (Lipinski definition) is 4. The van der Waals surface area contributed by atoms with Crippen LogP contribution in [0, 0.1) is 6.92 Å². The minimum absolute atomic E-state index is 0.0613.